The average Bonchev–Trinajstić information content (AvgIpc) is 2.37. The van der Waals surface area contributed by atoms with Crippen LogP contribution in [0.25, 0.3) is 0 Å². The Morgan fingerprint density at radius 2 is 1.55 bits per heavy atom. The molecule has 6 heteroatoms. The lowest BCUT2D eigenvalue weighted by atomic mass is 9.90. The van der Waals surface area contributed by atoms with Crippen LogP contribution in [0.4, 0.5) is 0 Å². The lowest BCUT2D eigenvalue weighted by Crippen LogP contribution is -2.46. The second kappa shape index (κ2) is 9.12. The van der Waals surface area contributed by atoms with Crippen molar-refractivity contribution in [2.24, 2.45) is 5.41 Å². The van der Waals surface area contributed by atoms with E-state index in [1.54, 1.807) is 0 Å². The summed E-state index contributed by atoms with van der Waals surface area (Å²) in [6.45, 7) is 13.1. The van der Waals surface area contributed by atoms with Crippen molar-refractivity contribution in [2.75, 3.05) is 46.2 Å². The third-order valence-corrected chi connectivity index (χ3v) is 6.37. The van der Waals surface area contributed by atoms with Crippen molar-refractivity contribution in [3.63, 3.8) is 0 Å². The van der Waals surface area contributed by atoms with Gasteiger partial charge in [-0.05, 0) is 27.2 Å². The molecule has 120 valence electrons. The summed E-state index contributed by atoms with van der Waals surface area (Å²) in [5.41, 5.74) is 0.217. The fourth-order valence-corrected chi connectivity index (χ4v) is 4.82. The van der Waals surface area contributed by atoms with Crippen LogP contribution in [0.1, 0.15) is 34.1 Å². The molecular weight excluding hydrogens is 276 g/mol. The molecule has 0 saturated carbocycles. The van der Waals surface area contributed by atoms with E-state index in [-0.39, 0.29) is 5.41 Å². The van der Waals surface area contributed by atoms with Crippen LogP contribution in [0.3, 0.4) is 0 Å². The van der Waals surface area contributed by atoms with Gasteiger partial charge in [0.1, 0.15) is 0 Å². The van der Waals surface area contributed by atoms with E-state index in [1.165, 1.54) is 0 Å². The summed E-state index contributed by atoms with van der Waals surface area (Å²) < 4.78 is 28.4. The molecule has 0 bridgehead atoms. The topological polar surface area (TPSA) is 46.2 Å². The molecule has 0 aromatic carbocycles. The molecule has 0 amide bonds. The van der Waals surface area contributed by atoms with Gasteiger partial charge in [-0.3, -0.25) is 0 Å². The van der Waals surface area contributed by atoms with Crippen molar-refractivity contribution in [2.45, 2.75) is 40.2 Å². The molecular formula is C14H30O5Si. The molecule has 20 heavy (non-hydrogen) atoms. The summed E-state index contributed by atoms with van der Waals surface area (Å²) >= 11 is 0. The van der Waals surface area contributed by atoms with Crippen molar-refractivity contribution >= 4 is 8.80 Å². The van der Waals surface area contributed by atoms with E-state index >= 15 is 0 Å². The van der Waals surface area contributed by atoms with Gasteiger partial charge in [0.25, 0.3) is 0 Å². The van der Waals surface area contributed by atoms with E-state index in [0.29, 0.717) is 19.8 Å². The summed E-state index contributed by atoms with van der Waals surface area (Å²) in [5, 5.41) is 0. The Balaban J connectivity index is 2.25. The molecule has 0 aromatic rings. The highest BCUT2D eigenvalue weighted by Crippen LogP contribution is 2.26. The van der Waals surface area contributed by atoms with Crippen molar-refractivity contribution in [3.05, 3.63) is 0 Å². The minimum absolute atomic E-state index is 0.217. The first-order valence-corrected chi connectivity index (χ1v) is 9.60. The predicted molar refractivity (Wildman–Crippen MR) is 79.8 cm³/mol. The zero-order chi connectivity index (χ0) is 14.9. The quantitative estimate of drug-likeness (QED) is 0.409. The SMILES string of the molecule is CCO[Si](CCCOCC1(C)COC1)(OCC)OCC. The van der Waals surface area contributed by atoms with Gasteiger partial charge in [-0.1, -0.05) is 6.92 Å². The highest BCUT2D eigenvalue weighted by molar-refractivity contribution is 6.60. The monoisotopic (exact) mass is 306 g/mol. The summed E-state index contributed by atoms with van der Waals surface area (Å²) in [7, 11) is -2.49. The molecule has 0 atom stereocenters. The van der Waals surface area contributed by atoms with E-state index < -0.39 is 8.80 Å². The first-order chi connectivity index (χ1) is 9.60. The van der Waals surface area contributed by atoms with Crippen LogP contribution in [-0.4, -0.2) is 55.1 Å². The van der Waals surface area contributed by atoms with Crippen LogP contribution < -0.4 is 0 Å². The van der Waals surface area contributed by atoms with Crippen molar-refractivity contribution in [1.29, 1.82) is 0 Å². The van der Waals surface area contributed by atoms with E-state index in [2.05, 4.69) is 6.92 Å². The molecule has 1 aliphatic rings. The van der Waals surface area contributed by atoms with Crippen LogP contribution in [0.5, 0.6) is 0 Å². The maximum atomic E-state index is 5.81. The number of ether oxygens (including phenoxy) is 2. The summed E-state index contributed by atoms with van der Waals surface area (Å²) in [6.07, 6.45) is 0.906. The first kappa shape index (κ1) is 18.1. The highest BCUT2D eigenvalue weighted by atomic mass is 28.4. The fraction of sp³-hybridized carbons (Fsp3) is 1.00. The second-order valence-electron chi connectivity index (χ2n) is 5.44. The molecule has 0 aromatic heterocycles. The molecule has 1 rings (SSSR count). The second-order valence-corrected chi connectivity index (χ2v) is 8.17. The molecule has 0 N–H and O–H groups in total. The molecule has 1 saturated heterocycles. The molecule has 0 spiro atoms. The van der Waals surface area contributed by atoms with Crippen molar-refractivity contribution in [1.82, 2.24) is 0 Å². The Morgan fingerprint density at radius 3 is 1.95 bits per heavy atom. The van der Waals surface area contributed by atoms with Gasteiger partial charge in [-0.25, -0.2) is 0 Å². The maximum absolute atomic E-state index is 5.81. The fourth-order valence-electron chi connectivity index (χ4n) is 2.24. The Morgan fingerprint density at radius 1 is 1.00 bits per heavy atom. The smallest absolute Gasteiger partial charge is 0.381 e. The first-order valence-electron chi connectivity index (χ1n) is 7.67. The van der Waals surface area contributed by atoms with Crippen LogP contribution in [0.15, 0.2) is 0 Å². The Labute approximate surface area is 124 Å². The van der Waals surface area contributed by atoms with Gasteiger partial charge in [-0.15, -0.1) is 0 Å². The molecule has 1 aliphatic heterocycles. The molecule has 0 radical (unpaired) electrons. The standard InChI is InChI=1S/C14H30O5Si/c1-5-17-20(18-6-2,19-7-3)10-8-9-15-11-14(4)12-16-13-14/h5-13H2,1-4H3. The largest absolute Gasteiger partial charge is 0.501 e. The minimum atomic E-state index is -2.49. The van der Waals surface area contributed by atoms with Gasteiger partial charge in [0, 0.05) is 37.9 Å². The molecule has 5 nitrogen and oxygen atoms in total. The van der Waals surface area contributed by atoms with Crippen LogP contribution in [0, 0.1) is 5.41 Å². The Hall–Kier alpha value is 0.0169. The van der Waals surface area contributed by atoms with E-state index in [0.717, 1.165) is 38.9 Å². The van der Waals surface area contributed by atoms with E-state index in [4.69, 9.17) is 22.8 Å². The molecule has 0 aliphatic carbocycles. The van der Waals surface area contributed by atoms with Gasteiger partial charge in [-0.2, -0.15) is 0 Å². The van der Waals surface area contributed by atoms with E-state index in [9.17, 15) is 0 Å². The number of hydrogen-bond acceptors (Lipinski definition) is 5. The third kappa shape index (κ3) is 5.79. The molecule has 1 heterocycles. The molecule has 1 fully saturated rings. The lowest BCUT2D eigenvalue weighted by molar-refractivity contribution is -0.137. The molecule has 0 unspecified atom stereocenters. The van der Waals surface area contributed by atoms with Crippen molar-refractivity contribution in [3.8, 4) is 0 Å². The zero-order valence-electron chi connectivity index (χ0n) is 13.4. The van der Waals surface area contributed by atoms with Crippen LogP contribution in [0.2, 0.25) is 6.04 Å². The third-order valence-electron chi connectivity index (χ3n) is 3.22. The normalized spacial score (nSPS) is 18.0. The van der Waals surface area contributed by atoms with Crippen LogP contribution in [-0.2, 0) is 22.8 Å². The summed E-state index contributed by atoms with van der Waals surface area (Å²) in [4.78, 5) is 0. The van der Waals surface area contributed by atoms with Gasteiger partial charge in [0.05, 0.1) is 19.8 Å². The van der Waals surface area contributed by atoms with Gasteiger partial charge < -0.3 is 22.8 Å². The van der Waals surface area contributed by atoms with Crippen LogP contribution >= 0.6 is 0 Å². The average molecular weight is 306 g/mol. The highest BCUT2D eigenvalue weighted by Gasteiger charge is 2.39. The number of hydrogen-bond donors (Lipinski definition) is 0. The predicted octanol–water partition coefficient (Wildman–Crippen LogP) is 2.48. The maximum Gasteiger partial charge on any atom is 0.501 e. The summed E-state index contributed by atoms with van der Waals surface area (Å²) in [6, 6.07) is 0.815. The van der Waals surface area contributed by atoms with Gasteiger partial charge in [0.15, 0.2) is 0 Å². The lowest BCUT2D eigenvalue weighted by Gasteiger charge is -2.37. The van der Waals surface area contributed by atoms with Gasteiger partial charge >= 0.3 is 8.80 Å². The zero-order valence-corrected chi connectivity index (χ0v) is 14.4. The Kier molecular flexibility index (Phi) is 8.24. The Bertz CT molecular complexity index is 241. The number of rotatable bonds is 12. The van der Waals surface area contributed by atoms with E-state index in [1.807, 2.05) is 20.8 Å². The van der Waals surface area contributed by atoms with Crippen molar-refractivity contribution < 1.29 is 22.8 Å². The minimum Gasteiger partial charge on any atom is -0.381 e. The van der Waals surface area contributed by atoms with Gasteiger partial charge in [0.2, 0.25) is 0 Å². The summed E-state index contributed by atoms with van der Waals surface area (Å²) in [5.74, 6) is 0.